The number of nitrogens with zero attached hydrogens (tertiary/aromatic N) is 1. The van der Waals surface area contributed by atoms with Crippen LogP contribution in [-0.4, -0.2) is 63.1 Å². The largest absolute Gasteiger partial charge is 0.466 e. The van der Waals surface area contributed by atoms with Crippen LogP contribution in [0.2, 0.25) is 0 Å². The van der Waals surface area contributed by atoms with Crippen LogP contribution >= 0.6 is 11.8 Å². The topological polar surface area (TPSA) is 95.9 Å². The van der Waals surface area contributed by atoms with Gasteiger partial charge in [0.25, 0.3) is 0 Å². The van der Waals surface area contributed by atoms with Gasteiger partial charge >= 0.3 is 5.97 Å². The van der Waals surface area contributed by atoms with Crippen molar-refractivity contribution in [2.24, 2.45) is 17.8 Å². The maximum absolute atomic E-state index is 13.6. The molecule has 2 N–H and O–H groups in total. The monoisotopic (exact) mass is 446 g/mol. The van der Waals surface area contributed by atoms with Crippen molar-refractivity contribution in [2.45, 2.75) is 55.8 Å². The molecule has 168 valence electrons. The molecule has 4 rings (SSSR count). The molecule has 3 fully saturated rings. The van der Waals surface area contributed by atoms with Gasteiger partial charge in [0.2, 0.25) is 11.8 Å². The zero-order valence-electron chi connectivity index (χ0n) is 18.1. The summed E-state index contributed by atoms with van der Waals surface area (Å²) in [6.45, 7) is 5.94. The van der Waals surface area contributed by atoms with Gasteiger partial charge in [-0.3, -0.25) is 14.4 Å². The van der Waals surface area contributed by atoms with Gasteiger partial charge in [-0.05, 0) is 31.7 Å². The number of esters is 1. The van der Waals surface area contributed by atoms with E-state index in [9.17, 15) is 19.5 Å². The van der Waals surface area contributed by atoms with Gasteiger partial charge in [0.05, 0.1) is 35.8 Å². The predicted molar refractivity (Wildman–Crippen MR) is 117 cm³/mol. The molecule has 3 saturated heterocycles. The first-order chi connectivity index (χ1) is 14.9. The highest BCUT2D eigenvalue weighted by Gasteiger charge is 2.76. The zero-order valence-corrected chi connectivity index (χ0v) is 18.9. The molecular weight excluding hydrogens is 416 g/mol. The van der Waals surface area contributed by atoms with Crippen molar-refractivity contribution < 1.29 is 24.2 Å². The van der Waals surface area contributed by atoms with E-state index in [4.69, 9.17) is 4.74 Å². The van der Waals surface area contributed by atoms with Gasteiger partial charge in [-0.1, -0.05) is 37.3 Å². The van der Waals surface area contributed by atoms with Gasteiger partial charge in [0, 0.05) is 11.8 Å². The fraction of sp³-hybridized carbons (Fsp3) is 0.609. The summed E-state index contributed by atoms with van der Waals surface area (Å²) in [7, 11) is 0. The predicted octanol–water partition coefficient (Wildman–Crippen LogP) is 1.58. The number of likely N-dealkylation sites (tertiary alicyclic amines) is 1. The number of carbonyl (C=O) groups is 3. The van der Waals surface area contributed by atoms with Crippen molar-refractivity contribution in [2.75, 3.05) is 13.2 Å². The summed E-state index contributed by atoms with van der Waals surface area (Å²) in [5.41, 5.74) is 0.969. The SMILES string of the molecule is CCOC(=O)[C@@H]1[C@@H]2CC(C)C3(S2)C(C(=O)NCc2ccccc2)N([C@H](C)CO)C(=O)[C@H]13. The van der Waals surface area contributed by atoms with Crippen LogP contribution in [0, 0.1) is 17.8 Å². The lowest BCUT2D eigenvalue weighted by Crippen LogP contribution is -2.57. The molecular formula is C23H30N2O5S. The van der Waals surface area contributed by atoms with Crippen LogP contribution in [-0.2, 0) is 25.7 Å². The second kappa shape index (κ2) is 8.47. The molecule has 1 aromatic rings. The Morgan fingerprint density at radius 1 is 1.35 bits per heavy atom. The first-order valence-corrected chi connectivity index (χ1v) is 11.8. The second-order valence-corrected chi connectivity index (χ2v) is 10.3. The number of carbonyl (C=O) groups excluding carboxylic acids is 3. The molecule has 3 unspecified atom stereocenters. The van der Waals surface area contributed by atoms with Crippen molar-refractivity contribution in [1.82, 2.24) is 10.2 Å². The highest BCUT2D eigenvalue weighted by atomic mass is 32.2. The van der Waals surface area contributed by atoms with Gasteiger partial charge in [-0.2, -0.15) is 0 Å². The Kier molecular flexibility index (Phi) is 6.05. The Hall–Kier alpha value is -2.06. The quantitative estimate of drug-likeness (QED) is 0.618. The average molecular weight is 447 g/mol. The number of aliphatic hydroxyl groups is 1. The second-order valence-electron chi connectivity index (χ2n) is 8.79. The normalized spacial score (nSPS) is 34.5. The Morgan fingerprint density at radius 3 is 2.71 bits per heavy atom. The number of fused-ring (bicyclic) bond motifs is 1. The standard InChI is InChI=1S/C23H30N2O5S/c1-4-30-22(29)17-16-10-13(2)23(31-16)18(17)21(28)25(14(3)12-26)19(23)20(27)24-11-15-8-6-5-7-9-15/h5-9,13-14,16-19,26H,4,10-12H2,1-3H3,(H,24,27)/t13?,14-,16+,17-,18+,19?,23?/m1/s1. The Bertz CT molecular complexity index is 865. The number of thioether (sulfide) groups is 1. The number of hydrogen-bond donors (Lipinski definition) is 2. The van der Waals surface area contributed by atoms with Crippen molar-refractivity contribution in [3.05, 3.63) is 35.9 Å². The molecule has 1 aromatic carbocycles. The molecule has 7 atom stereocenters. The smallest absolute Gasteiger partial charge is 0.310 e. The number of nitrogens with one attached hydrogen (secondary N) is 1. The first-order valence-electron chi connectivity index (χ1n) is 11.0. The Morgan fingerprint density at radius 2 is 2.06 bits per heavy atom. The van der Waals surface area contributed by atoms with E-state index in [0.29, 0.717) is 6.54 Å². The third kappa shape index (κ3) is 3.35. The summed E-state index contributed by atoms with van der Waals surface area (Å²) in [4.78, 5) is 41.5. The van der Waals surface area contributed by atoms with Crippen molar-refractivity contribution in [1.29, 1.82) is 0 Å². The van der Waals surface area contributed by atoms with E-state index in [1.165, 1.54) is 4.90 Å². The van der Waals surface area contributed by atoms with Crippen LogP contribution in [0.15, 0.2) is 30.3 Å². The fourth-order valence-electron chi connectivity index (χ4n) is 5.71. The molecule has 0 radical (unpaired) electrons. The highest BCUT2D eigenvalue weighted by Crippen LogP contribution is 2.68. The summed E-state index contributed by atoms with van der Waals surface area (Å²) < 4.78 is 4.63. The number of hydrogen-bond acceptors (Lipinski definition) is 6. The molecule has 0 saturated carbocycles. The first kappa shape index (κ1) is 22.1. The van der Waals surface area contributed by atoms with Crippen molar-refractivity contribution >= 4 is 29.5 Å². The molecule has 2 amide bonds. The summed E-state index contributed by atoms with van der Waals surface area (Å²) >= 11 is 1.61. The molecule has 31 heavy (non-hydrogen) atoms. The third-order valence-corrected chi connectivity index (χ3v) is 9.12. The molecule has 3 heterocycles. The van der Waals surface area contributed by atoms with Gasteiger partial charge in [-0.15, -0.1) is 11.8 Å². The summed E-state index contributed by atoms with van der Waals surface area (Å²) in [5.74, 6) is -1.87. The van der Waals surface area contributed by atoms with E-state index >= 15 is 0 Å². The number of ether oxygens (including phenoxy) is 1. The lowest BCUT2D eigenvalue weighted by atomic mass is 9.66. The number of benzene rings is 1. The highest BCUT2D eigenvalue weighted by molar-refractivity contribution is 8.02. The molecule has 8 heteroatoms. The summed E-state index contributed by atoms with van der Waals surface area (Å²) in [6, 6.07) is 8.36. The van der Waals surface area contributed by atoms with Crippen LogP contribution < -0.4 is 5.32 Å². The van der Waals surface area contributed by atoms with Crippen LogP contribution in [0.4, 0.5) is 0 Å². The van der Waals surface area contributed by atoms with Gasteiger partial charge in [0.1, 0.15) is 6.04 Å². The van der Waals surface area contributed by atoms with E-state index in [0.717, 1.165) is 12.0 Å². The zero-order chi connectivity index (χ0) is 22.3. The minimum absolute atomic E-state index is 0.0287. The number of aliphatic hydroxyl groups excluding tert-OH is 1. The molecule has 1 spiro atoms. The van der Waals surface area contributed by atoms with Crippen molar-refractivity contribution in [3.8, 4) is 0 Å². The van der Waals surface area contributed by atoms with Crippen LogP contribution in [0.25, 0.3) is 0 Å². The Labute approximate surface area is 186 Å². The van der Waals surface area contributed by atoms with Crippen LogP contribution in [0.5, 0.6) is 0 Å². The molecule has 0 aliphatic carbocycles. The minimum Gasteiger partial charge on any atom is -0.466 e. The lowest BCUT2D eigenvalue weighted by molar-refractivity contribution is -0.154. The maximum Gasteiger partial charge on any atom is 0.310 e. The van der Waals surface area contributed by atoms with Crippen molar-refractivity contribution in [3.63, 3.8) is 0 Å². The molecule has 7 nitrogen and oxygen atoms in total. The van der Waals surface area contributed by atoms with E-state index in [1.54, 1.807) is 25.6 Å². The molecule has 3 aliphatic heterocycles. The third-order valence-electron chi connectivity index (χ3n) is 7.04. The lowest BCUT2D eigenvalue weighted by Gasteiger charge is -2.39. The summed E-state index contributed by atoms with van der Waals surface area (Å²) in [5, 5.41) is 12.8. The van der Waals surface area contributed by atoms with E-state index < -0.39 is 28.7 Å². The average Bonchev–Trinajstić information content (AvgIpc) is 3.36. The number of amides is 2. The van der Waals surface area contributed by atoms with Crippen LogP contribution in [0.3, 0.4) is 0 Å². The molecule has 2 bridgehead atoms. The molecule has 0 aromatic heterocycles. The van der Waals surface area contributed by atoms with E-state index in [-0.39, 0.29) is 42.2 Å². The minimum atomic E-state index is -0.736. The fourth-order valence-corrected chi connectivity index (χ4v) is 8.11. The van der Waals surface area contributed by atoms with E-state index in [1.807, 2.05) is 30.3 Å². The van der Waals surface area contributed by atoms with Crippen LogP contribution in [0.1, 0.15) is 32.8 Å². The van der Waals surface area contributed by atoms with Gasteiger partial charge in [0.15, 0.2) is 0 Å². The van der Waals surface area contributed by atoms with Gasteiger partial charge in [-0.25, -0.2) is 0 Å². The Balaban J connectivity index is 1.69. The summed E-state index contributed by atoms with van der Waals surface area (Å²) in [6.07, 6.45) is 0.766. The van der Waals surface area contributed by atoms with Gasteiger partial charge < -0.3 is 20.1 Å². The molecule has 3 aliphatic rings. The maximum atomic E-state index is 13.6. The number of rotatable bonds is 7. The van der Waals surface area contributed by atoms with E-state index in [2.05, 4.69) is 12.2 Å².